The zero-order chi connectivity index (χ0) is 17.0. The zero-order valence-corrected chi connectivity index (χ0v) is 13.9. The molecule has 0 saturated carbocycles. The van der Waals surface area contributed by atoms with E-state index in [0.29, 0.717) is 0 Å². The summed E-state index contributed by atoms with van der Waals surface area (Å²) in [5, 5.41) is 2.81. The van der Waals surface area contributed by atoms with Gasteiger partial charge in [0.15, 0.2) is 0 Å². The first-order chi connectivity index (χ1) is 10.8. The molecule has 23 heavy (non-hydrogen) atoms. The molecule has 1 aromatic rings. The van der Waals surface area contributed by atoms with E-state index in [2.05, 4.69) is 15.2 Å². The van der Waals surface area contributed by atoms with E-state index in [1.807, 2.05) is 25.1 Å². The summed E-state index contributed by atoms with van der Waals surface area (Å²) in [5.41, 5.74) is -0.633. The third kappa shape index (κ3) is 4.47. The van der Waals surface area contributed by atoms with E-state index < -0.39 is 17.7 Å². The minimum Gasteiger partial charge on any atom is -0.352 e. The first-order valence-corrected chi connectivity index (χ1v) is 8.02. The van der Waals surface area contributed by atoms with E-state index >= 15 is 0 Å². The Balaban J connectivity index is 1.88. The van der Waals surface area contributed by atoms with E-state index in [0.717, 1.165) is 31.7 Å². The van der Waals surface area contributed by atoms with Crippen molar-refractivity contribution in [1.29, 1.82) is 0 Å². The van der Waals surface area contributed by atoms with Crippen LogP contribution in [-0.4, -0.2) is 41.3 Å². The summed E-state index contributed by atoms with van der Waals surface area (Å²) in [7, 11) is 0. The average molecular weight is 325 g/mol. The molecule has 4 nitrogen and oxygen atoms in total. The lowest BCUT2D eigenvalue weighted by Crippen LogP contribution is -2.53. The molecule has 1 fully saturated rings. The lowest BCUT2D eigenvalue weighted by molar-refractivity contribution is -0.139. The number of nitrogens with zero attached hydrogens (tertiary/aromatic N) is 2. The summed E-state index contributed by atoms with van der Waals surface area (Å²) < 4.78 is 25.9. The van der Waals surface area contributed by atoms with Crippen molar-refractivity contribution in [1.82, 2.24) is 15.2 Å². The fraction of sp³-hybridized carbons (Fsp3) is 0.647. The second-order valence-corrected chi connectivity index (χ2v) is 6.92. The monoisotopic (exact) mass is 325 g/mol. The van der Waals surface area contributed by atoms with Crippen LogP contribution in [0, 0.1) is 11.3 Å². The van der Waals surface area contributed by atoms with E-state index in [9.17, 15) is 13.6 Å². The van der Waals surface area contributed by atoms with Crippen LogP contribution in [0.4, 0.5) is 8.78 Å². The van der Waals surface area contributed by atoms with Gasteiger partial charge in [-0.2, -0.15) is 0 Å². The smallest absolute Gasteiger partial charge is 0.252 e. The predicted molar refractivity (Wildman–Crippen MR) is 85.0 cm³/mol. The molecule has 1 aromatic heterocycles. The van der Waals surface area contributed by atoms with Gasteiger partial charge in [-0.15, -0.1) is 0 Å². The van der Waals surface area contributed by atoms with E-state index in [1.54, 1.807) is 6.20 Å². The van der Waals surface area contributed by atoms with Gasteiger partial charge in [-0.05, 0) is 38.3 Å². The summed E-state index contributed by atoms with van der Waals surface area (Å²) >= 11 is 0. The first-order valence-electron chi connectivity index (χ1n) is 8.02. The number of nitrogens with one attached hydrogen (secondary N) is 1. The number of piperidine rings is 1. The molecule has 1 aliphatic rings. The van der Waals surface area contributed by atoms with Gasteiger partial charge in [-0.1, -0.05) is 13.0 Å². The first kappa shape index (κ1) is 17.8. The Bertz CT molecular complexity index is 522. The normalized spacial score (nSPS) is 23.0. The number of hydrogen-bond acceptors (Lipinski definition) is 3. The highest BCUT2D eigenvalue weighted by Crippen LogP contribution is 2.26. The number of alkyl halides is 2. The molecule has 2 atom stereocenters. The zero-order valence-electron chi connectivity index (χ0n) is 13.9. The largest absolute Gasteiger partial charge is 0.352 e. The molecule has 0 radical (unpaired) electrons. The summed E-state index contributed by atoms with van der Waals surface area (Å²) in [6.07, 6.45) is -0.126. The third-order valence-electron chi connectivity index (χ3n) is 4.55. The van der Waals surface area contributed by atoms with Crippen molar-refractivity contribution < 1.29 is 13.6 Å². The molecule has 1 N–H and O–H groups in total. The van der Waals surface area contributed by atoms with Crippen LogP contribution in [0.3, 0.4) is 0 Å². The molecule has 2 heterocycles. The summed E-state index contributed by atoms with van der Waals surface area (Å²) in [5.74, 6) is -0.354. The number of rotatable bonds is 5. The molecule has 0 aliphatic carbocycles. The Labute approximate surface area is 136 Å². The standard InChI is InChI=1S/C17H25F2N3O/c1-12-10-22(11-13-6-4-5-8-20-13)9-7-14(12)21-16(23)17(2,3)15(18)19/h4-6,8,12,14-15H,7,9-11H2,1-3H3,(H,21,23)/t12-,14+/m1/s1. The van der Waals surface area contributed by atoms with E-state index in [1.165, 1.54) is 13.8 Å². The second kappa shape index (κ2) is 7.34. The van der Waals surface area contributed by atoms with Crippen LogP contribution >= 0.6 is 0 Å². The fourth-order valence-corrected chi connectivity index (χ4v) is 2.76. The lowest BCUT2D eigenvalue weighted by Gasteiger charge is -2.38. The number of carbonyl (C=O) groups excluding carboxylic acids is 1. The van der Waals surface area contributed by atoms with Gasteiger partial charge < -0.3 is 5.32 Å². The minimum absolute atomic E-state index is 0.0551. The molecule has 128 valence electrons. The molecule has 0 aromatic carbocycles. The fourth-order valence-electron chi connectivity index (χ4n) is 2.76. The van der Waals surface area contributed by atoms with Gasteiger partial charge >= 0.3 is 0 Å². The average Bonchev–Trinajstić information content (AvgIpc) is 2.50. The van der Waals surface area contributed by atoms with Crippen LogP contribution in [-0.2, 0) is 11.3 Å². The Kier molecular flexibility index (Phi) is 5.68. The molecule has 2 rings (SSSR count). The number of pyridine rings is 1. The van der Waals surface area contributed by atoms with Gasteiger partial charge in [0.2, 0.25) is 5.91 Å². The highest BCUT2D eigenvalue weighted by Gasteiger charge is 2.39. The van der Waals surface area contributed by atoms with Gasteiger partial charge in [0.05, 0.1) is 5.69 Å². The number of carbonyl (C=O) groups is 1. The predicted octanol–water partition coefficient (Wildman–Crippen LogP) is 2.70. The quantitative estimate of drug-likeness (QED) is 0.905. The van der Waals surface area contributed by atoms with Crippen molar-refractivity contribution in [2.45, 2.75) is 46.2 Å². The van der Waals surface area contributed by atoms with Crippen molar-refractivity contribution >= 4 is 5.91 Å². The molecule has 6 heteroatoms. The summed E-state index contributed by atoms with van der Waals surface area (Å²) in [6, 6.07) is 5.79. The Hall–Kier alpha value is -1.56. The molecule has 0 unspecified atom stereocenters. The maximum atomic E-state index is 12.9. The second-order valence-electron chi connectivity index (χ2n) is 6.92. The van der Waals surface area contributed by atoms with Crippen molar-refractivity contribution in [3.63, 3.8) is 0 Å². The maximum Gasteiger partial charge on any atom is 0.252 e. The highest BCUT2D eigenvalue weighted by atomic mass is 19.3. The number of amides is 1. The van der Waals surface area contributed by atoms with Gasteiger partial charge in [0.25, 0.3) is 6.43 Å². The van der Waals surface area contributed by atoms with E-state index in [4.69, 9.17) is 0 Å². The van der Waals surface area contributed by atoms with Gasteiger partial charge in [0.1, 0.15) is 5.41 Å². The minimum atomic E-state index is -2.66. The van der Waals surface area contributed by atoms with Crippen LogP contribution in [0.1, 0.15) is 32.9 Å². The SMILES string of the molecule is C[C@@H]1CN(Cc2ccccn2)CC[C@@H]1NC(=O)C(C)(C)C(F)F. The number of halogens is 2. The Morgan fingerprint density at radius 2 is 2.22 bits per heavy atom. The molecular formula is C17H25F2N3O. The number of hydrogen-bond donors (Lipinski definition) is 1. The number of aromatic nitrogens is 1. The molecule has 0 bridgehead atoms. The highest BCUT2D eigenvalue weighted by molar-refractivity contribution is 5.82. The van der Waals surface area contributed by atoms with Gasteiger partial charge in [-0.3, -0.25) is 14.7 Å². The van der Waals surface area contributed by atoms with Crippen molar-refractivity contribution in [3.05, 3.63) is 30.1 Å². The molecule has 1 amide bonds. The van der Waals surface area contributed by atoms with Crippen LogP contribution in [0.15, 0.2) is 24.4 Å². The Morgan fingerprint density at radius 3 is 2.78 bits per heavy atom. The molecule has 0 spiro atoms. The van der Waals surface area contributed by atoms with Crippen molar-refractivity contribution in [2.24, 2.45) is 11.3 Å². The summed E-state index contributed by atoms with van der Waals surface area (Å²) in [4.78, 5) is 18.7. The maximum absolute atomic E-state index is 12.9. The van der Waals surface area contributed by atoms with Gasteiger partial charge in [-0.25, -0.2) is 8.78 Å². The molecular weight excluding hydrogens is 300 g/mol. The molecule has 1 saturated heterocycles. The molecule has 1 aliphatic heterocycles. The van der Waals surface area contributed by atoms with Gasteiger partial charge in [0, 0.05) is 31.9 Å². The van der Waals surface area contributed by atoms with Crippen LogP contribution in [0.25, 0.3) is 0 Å². The Morgan fingerprint density at radius 1 is 1.48 bits per heavy atom. The van der Waals surface area contributed by atoms with Crippen LogP contribution in [0.5, 0.6) is 0 Å². The van der Waals surface area contributed by atoms with Crippen molar-refractivity contribution in [3.8, 4) is 0 Å². The van der Waals surface area contributed by atoms with Crippen molar-refractivity contribution in [2.75, 3.05) is 13.1 Å². The van der Waals surface area contributed by atoms with E-state index in [-0.39, 0.29) is 12.0 Å². The number of likely N-dealkylation sites (tertiary alicyclic amines) is 1. The topological polar surface area (TPSA) is 45.2 Å². The van der Waals surface area contributed by atoms with Crippen LogP contribution < -0.4 is 5.32 Å². The third-order valence-corrected chi connectivity index (χ3v) is 4.55. The van der Waals surface area contributed by atoms with Crippen LogP contribution in [0.2, 0.25) is 0 Å². The summed E-state index contributed by atoms with van der Waals surface area (Å²) in [6.45, 7) is 7.03. The lowest BCUT2D eigenvalue weighted by atomic mass is 9.89.